The fourth-order valence-corrected chi connectivity index (χ4v) is 2.97. The molecule has 0 unspecified atom stereocenters. The summed E-state index contributed by atoms with van der Waals surface area (Å²) in [6.45, 7) is 0.671. The monoisotopic (exact) mass is 401 g/mol. The molecule has 7 heteroatoms. The predicted molar refractivity (Wildman–Crippen MR) is 98.9 cm³/mol. The molecule has 2 amide bonds. The van der Waals surface area contributed by atoms with Crippen LogP contribution in [0.2, 0.25) is 0 Å². The highest BCUT2D eigenvalue weighted by atomic mass is 79.9. The number of benzene rings is 2. The van der Waals surface area contributed by atoms with Gasteiger partial charge in [0.1, 0.15) is 5.75 Å². The Balaban J connectivity index is 1.70. The summed E-state index contributed by atoms with van der Waals surface area (Å²) in [4.78, 5) is 25.7. The molecule has 2 N–H and O–H groups in total. The Morgan fingerprint density at radius 2 is 2.12 bits per heavy atom. The van der Waals surface area contributed by atoms with Crippen LogP contribution in [0.25, 0.3) is 0 Å². The van der Waals surface area contributed by atoms with Crippen LogP contribution in [-0.2, 0) is 4.79 Å². The first-order valence-electron chi connectivity index (χ1n) is 7.77. The van der Waals surface area contributed by atoms with Gasteiger partial charge in [-0.05, 0) is 42.8 Å². The first-order chi connectivity index (χ1) is 12.0. The Labute approximate surface area is 153 Å². The van der Waals surface area contributed by atoms with Gasteiger partial charge in [0.25, 0.3) is 5.91 Å². The number of aromatic hydroxyl groups is 1. The predicted octanol–water partition coefficient (Wildman–Crippen LogP) is 3.05. The van der Waals surface area contributed by atoms with Crippen LogP contribution < -0.4 is 10.3 Å². The normalized spacial score (nSPS) is 14.3. The van der Waals surface area contributed by atoms with Crippen molar-refractivity contribution >= 4 is 39.6 Å². The zero-order valence-electron chi connectivity index (χ0n) is 13.3. The maximum Gasteiger partial charge on any atom is 0.271 e. The average Bonchev–Trinajstić information content (AvgIpc) is 3.04. The summed E-state index contributed by atoms with van der Waals surface area (Å²) in [6, 6.07) is 11.8. The average molecular weight is 402 g/mol. The maximum atomic E-state index is 12.2. The van der Waals surface area contributed by atoms with E-state index in [1.165, 1.54) is 12.3 Å². The van der Waals surface area contributed by atoms with Gasteiger partial charge in [-0.2, -0.15) is 5.10 Å². The molecule has 2 aromatic rings. The number of nitrogens with zero attached hydrogens (tertiary/aromatic N) is 2. The Morgan fingerprint density at radius 1 is 1.28 bits per heavy atom. The van der Waals surface area contributed by atoms with Crippen LogP contribution in [0.5, 0.6) is 5.75 Å². The second-order valence-corrected chi connectivity index (χ2v) is 6.52. The van der Waals surface area contributed by atoms with E-state index in [0.29, 0.717) is 29.8 Å². The maximum absolute atomic E-state index is 12.2. The lowest BCUT2D eigenvalue weighted by Crippen LogP contribution is -2.24. The first kappa shape index (κ1) is 17.2. The summed E-state index contributed by atoms with van der Waals surface area (Å²) in [5, 5.41) is 13.6. The van der Waals surface area contributed by atoms with E-state index in [2.05, 4.69) is 26.5 Å². The van der Waals surface area contributed by atoms with Crippen molar-refractivity contribution in [3.63, 3.8) is 0 Å². The van der Waals surface area contributed by atoms with E-state index >= 15 is 0 Å². The van der Waals surface area contributed by atoms with Gasteiger partial charge in [-0.3, -0.25) is 9.59 Å². The van der Waals surface area contributed by atoms with Crippen molar-refractivity contribution in [1.29, 1.82) is 0 Å². The lowest BCUT2D eigenvalue weighted by molar-refractivity contribution is -0.117. The van der Waals surface area contributed by atoms with Gasteiger partial charge in [0, 0.05) is 34.3 Å². The molecule has 0 bridgehead atoms. The number of rotatable bonds is 4. The Bertz CT molecular complexity index is 851. The van der Waals surface area contributed by atoms with Gasteiger partial charge in [-0.15, -0.1) is 0 Å². The molecule has 2 aromatic carbocycles. The third-order valence-corrected chi connectivity index (χ3v) is 4.35. The van der Waals surface area contributed by atoms with Gasteiger partial charge in [0.15, 0.2) is 0 Å². The van der Waals surface area contributed by atoms with E-state index in [1.807, 2.05) is 6.07 Å². The molecule has 0 aliphatic carbocycles. The van der Waals surface area contributed by atoms with Gasteiger partial charge in [0.05, 0.1) is 6.21 Å². The second kappa shape index (κ2) is 7.48. The summed E-state index contributed by atoms with van der Waals surface area (Å²) in [5.74, 6) is -0.254. The van der Waals surface area contributed by atoms with Gasteiger partial charge in [-0.1, -0.05) is 22.0 Å². The molecule has 1 saturated heterocycles. The number of hydrazone groups is 1. The van der Waals surface area contributed by atoms with E-state index < -0.39 is 0 Å². The van der Waals surface area contributed by atoms with Crippen LogP contribution in [0.1, 0.15) is 28.8 Å². The third kappa shape index (κ3) is 4.06. The second-order valence-electron chi connectivity index (χ2n) is 5.60. The minimum Gasteiger partial charge on any atom is -0.507 e. The minimum atomic E-state index is -0.390. The van der Waals surface area contributed by atoms with E-state index in [0.717, 1.165) is 10.9 Å². The number of halogens is 1. The van der Waals surface area contributed by atoms with Crippen molar-refractivity contribution in [2.24, 2.45) is 5.10 Å². The summed E-state index contributed by atoms with van der Waals surface area (Å²) >= 11 is 3.31. The lowest BCUT2D eigenvalue weighted by Gasteiger charge is -2.16. The number of nitrogens with one attached hydrogen (secondary N) is 1. The zero-order valence-corrected chi connectivity index (χ0v) is 14.9. The van der Waals surface area contributed by atoms with E-state index in [9.17, 15) is 14.7 Å². The number of phenols is 1. The Hall–Kier alpha value is -2.67. The zero-order chi connectivity index (χ0) is 17.8. The van der Waals surface area contributed by atoms with Crippen molar-refractivity contribution in [1.82, 2.24) is 5.43 Å². The van der Waals surface area contributed by atoms with E-state index in [-0.39, 0.29) is 17.6 Å². The summed E-state index contributed by atoms with van der Waals surface area (Å²) in [5.41, 5.74) is 4.02. The molecule has 0 saturated carbocycles. The largest absolute Gasteiger partial charge is 0.507 e. The van der Waals surface area contributed by atoms with Gasteiger partial charge in [0.2, 0.25) is 5.91 Å². The molecule has 1 aliphatic heterocycles. The van der Waals surface area contributed by atoms with Crippen LogP contribution in [-0.4, -0.2) is 29.7 Å². The molecule has 0 atom stereocenters. The molecule has 128 valence electrons. The standard InChI is InChI=1S/C18H16BrN3O3/c19-14-6-7-16(23)13(9-14)11-20-21-18(25)12-3-1-4-15(10-12)22-8-2-5-17(22)24/h1,3-4,6-7,9-11,23H,2,5,8H2,(H,21,25)/b20-11+. The molecule has 1 fully saturated rings. The lowest BCUT2D eigenvalue weighted by atomic mass is 10.2. The Morgan fingerprint density at radius 3 is 2.88 bits per heavy atom. The quantitative estimate of drug-likeness (QED) is 0.609. The van der Waals surface area contributed by atoms with Crippen LogP contribution in [0.4, 0.5) is 5.69 Å². The highest BCUT2D eigenvalue weighted by Gasteiger charge is 2.22. The highest BCUT2D eigenvalue weighted by molar-refractivity contribution is 9.10. The molecule has 0 radical (unpaired) electrons. The molecular weight excluding hydrogens is 386 g/mol. The molecule has 1 heterocycles. The molecule has 6 nitrogen and oxygen atoms in total. The highest BCUT2D eigenvalue weighted by Crippen LogP contribution is 2.22. The number of carbonyl (C=O) groups excluding carboxylic acids is 2. The number of phenolic OH excluding ortho intramolecular Hbond substituents is 1. The number of hydrogen-bond donors (Lipinski definition) is 2. The van der Waals surface area contributed by atoms with Crippen LogP contribution in [0.15, 0.2) is 52.0 Å². The molecule has 25 heavy (non-hydrogen) atoms. The number of hydrogen-bond acceptors (Lipinski definition) is 4. The van der Waals surface area contributed by atoms with Crippen molar-refractivity contribution in [2.45, 2.75) is 12.8 Å². The number of carbonyl (C=O) groups is 2. The molecule has 0 spiro atoms. The number of anilines is 1. The topological polar surface area (TPSA) is 82.0 Å². The van der Waals surface area contributed by atoms with Crippen LogP contribution in [0.3, 0.4) is 0 Å². The van der Waals surface area contributed by atoms with Crippen molar-refractivity contribution in [3.05, 3.63) is 58.1 Å². The minimum absolute atomic E-state index is 0.0655. The summed E-state index contributed by atoms with van der Waals surface area (Å²) in [6.07, 6.45) is 2.73. The summed E-state index contributed by atoms with van der Waals surface area (Å²) in [7, 11) is 0. The van der Waals surface area contributed by atoms with Crippen LogP contribution >= 0.6 is 15.9 Å². The van der Waals surface area contributed by atoms with Crippen molar-refractivity contribution in [2.75, 3.05) is 11.4 Å². The third-order valence-electron chi connectivity index (χ3n) is 3.85. The van der Waals surface area contributed by atoms with Crippen molar-refractivity contribution < 1.29 is 14.7 Å². The number of amides is 2. The fourth-order valence-electron chi connectivity index (χ4n) is 2.59. The molecule has 1 aliphatic rings. The smallest absolute Gasteiger partial charge is 0.271 e. The van der Waals surface area contributed by atoms with Gasteiger partial charge >= 0.3 is 0 Å². The van der Waals surface area contributed by atoms with E-state index in [4.69, 9.17) is 0 Å². The SMILES string of the molecule is O=C(N/N=C/c1cc(Br)ccc1O)c1cccc(N2CCCC2=O)c1. The molecular formula is C18H16BrN3O3. The van der Waals surface area contributed by atoms with Gasteiger partial charge < -0.3 is 10.0 Å². The van der Waals surface area contributed by atoms with E-state index in [1.54, 1.807) is 35.2 Å². The molecule has 3 rings (SSSR count). The fraction of sp³-hybridized carbons (Fsp3) is 0.167. The Kier molecular flexibility index (Phi) is 5.14. The molecule has 0 aromatic heterocycles. The summed E-state index contributed by atoms with van der Waals surface area (Å²) < 4.78 is 0.793. The van der Waals surface area contributed by atoms with Crippen molar-refractivity contribution in [3.8, 4) is 5.75 Å². The first-order valence-corrected chi connectivity index (χ1v) is 8.56. The van der Waals surface area contributed by atoms with Crippen LogP contribution in [0, 0.1) is 0 Å². The van der Waals surface area contributed by atoms with Gasteiger partial charge in [-0.25, -0.2) is 5.43 Å².